The predicted molar refractivity (Wildman–Crippen MR) is 92.9 cm³/mol. The van der Waals surface area contributed by atoms with E-state index in [1.54, 1.807) is 0 Å². The zero-order chi connectivity index (χ0) is 23.7. The molecule has 2 rings (SSSR count). The minimum absolute atomic E-state index is 0.806. The van der Waals surface area contributed by atoms with Crippen molar-refractivity contribution in [2.24, 2.45) is 0 Å². The molecule has 0 spiro atoms. The van der Waals surface area contributed by atoms with E-state index in [0.29, 0.717) is 0 Å². The fourth-order valence-electron chi connectivity index (χ4n) is 3.62. The van der Waals surface area contributed by atoms with Crippen molar-refractivity contribution >= 4 is 11.6 Å². The summed E-state index contributed by atoms with van der Waals surface area (Å²) in [5.41, 5.74) is -1.20. The summed E-state index contributed by atoms with van der Waals surface area (Å²) < 4.78 is 15.6. The van der Waals surface area contributed by atoms with E-state index in [-0.39, 0.29) is 0 Å². The number of rotatable bonds is 8. The molecule has 0 bridgehead atoms. The van der Waals surface area contributed by atoms with Gasteiger partial charge in [-0.3, -0.25) is 14.4 Å². The topological polar surface area (TPSA) is 248 Å². The average molecular weight is 455 g/mol. The maximum Gasteiger partial charge on any atom is 0.234 e. The number of ether oxygens (including phenoxy) is 3. The summed E-state index contributed by atoms with van der Waals surface area (Å²) in [7, 11) is 0. The summed E-state index contributed by atoms with van der Waals surface area (Å²) in [5.74, 6) is 4.98. The molecule has 0 aliphatic carbocycles. The van der Waals surface area contributed by atoms with Gasteiger partial charge in [-0.25, -0.2) is 0 Å². The number of carbonyl (C=O) groups excluding carboxylic acids is 2. The van der Waals surface area contributed by atoms with Crippen LogP contribution >= 0.6 is 0 Å². The van der Waals surface area contributed by atoms with Gasteiger partial charge >= 0.3 is 0 Å². The third-order valence-corrected chi connectivity index (χ3v) is 5.36. The second kappa shape index (κ2) is 10.2. The summed E-state index contributed by atoms with van der Waals surface area (Å²) in [6.45, 7) is 1.00. The molecule has 9 N–H and O–H groups in total. The lowest BCUT2D eigenvalue weighted by molar-refractivity contribution is -0.364. The van der Waals surface area contributed by atoms with Crippen LogP contribution in [0.1, 0.15) is 13.8 Å². The van der Waals surface area contributed by atoms with Gasteiger partial charge in [0.2, 0.25) is 5.60 Å². The lowest BCUT2D eigenvalue weighted by Gasteiger charge is -2.48. The van der Waals surface area contributed by atoms with E-state index < -0.39 is 85.2 Å². The zero-order valence-electron chi connectivity index (χ0n) is 16.6. The van der Waals surface area contributed by atoms with Crippen LogP contribution in [0.4, 0.5) is 0 Å². The van der Waals surface area contributed by atoms with Crippen molar-refractivity contribution in [3.05, 3.63) is 0 Å². The van der Waals surface area contributed by atoms with Crippen molar-refractivity contribution in [2.45, 2.75) is 80.9 Å². The molecule has 2 aliphatic rings. The largest absolute Gasteiger partial charge is 0.394 e. The fraction of sp³-hybridized carbons (Fsp3) is 0.875. The van der Waals surface area contributed by atoms with Gasteiger partial charge in [-0.1, -0.05) is 0 Å². The van der Waals surface area contributed by atoms with E-state index in [1.165, 1.54) is 5.59 Å². The summed E-state index contributed by atoms with van der Waals surface area (Å²) in [4.78, 5) is 29.3. The molecule has 0 aromatic heterocycles. The molecular formula is C16H27N2O13. The highest BCUT2D eigenvalue weighted by molar-refractivity contribution is 6.09. The normalized spacial score (nSPS) is 41.7. The monoisotopic (exact) mass is 455 g/mol. The minimum atomic E-state index is -2.63. The number of nitrogens with one attached hydrogen (secondary N) is 2. The smallest absolute Gasteiger partial charge is 0.234 e. The van der Waals surface area contributed by atoms with Gasteiger partial charge < -0.3 is 50.0 Å². The van der Waals surface area contributed by atoms with Crippen LogP contribution in [0.2, 0.25) is 0 Å². The Morgan fingerprint density at radius 3 is 2.00 bits per heavy atom. The van der Waals surface area contributed by atoms with Crippen molar-refractivity contribution < 1.29 is 64.4 Å². The van der Waals surface area contributed by atoms with Crippen LogP contribution in [-0.4, -0.2) is 121 Å². The van der Waals surface area contributed by atoms with Crippen LogP contribution in [0, 0.1) is 0 Å². The summed E-state index contributed by atoms with van der Waals surface area (Å²) >= 11 is 0. The van der Waals surface area contributed by atoms with Crippen molar-refractivity contribution in [3.63, 3.8) is 0 Å². The number of ketones is 2. The maximum atomic E-state index is 12.3. The molecule has 0 amide bonds. The molecule has 15 heteroatoms. The Hall–Kier alpha value is -1.18. The standard InChI is InChI=1S/C16H27N2O13/c1-4(20)16(5(2)21,31-18-17)13-9(24)7(22)11(26)15(30-13)29-12-6(3-19)28-14(27)10(25)8(12)23/h6-15,17-19,22-27H,3H2,1-2H3/t6-,7+,8-,9-,10-,11-,12-,13+,14+,15-/m1/s1. The van der Waals surface area contributed by atoms with Gasteiger partial charge in [0.15, 0.2) is 24.1 Å². The van der Waals surface area contributed by atoms with Gasteiger partial charge in [-0.05, 0) is 13.8 Å². The molecule has 2 aliphatic heterocycles. The highest BCUT2D eigenvalue weighted by Crippen LogP contribution is 2.34. The fourth-order valence-corrected chi connectivity index (χ4v) is 3.62. The second-order valence-electron chi connectivity index (χ2n) is 7.28. The molecule has 0 unspecified atom stereocenters. The van der Waals surface area contributed by atoms with Crippen molar-refractivity contribution in [3.8, 4) is 0 Å². The van der Waals surface area contributed by atoms with E-state index >= 15 is 0 Å². The maximum absolute atomic E-state index is 12.3. The summed E-state index contributed by atoms with van der Waals surface area (Å²) in [5, 5.41) is 69.9. The zero-order valence-corrected chi connectivity index (χ0v) is 16.6. The summed E-state index contributed by atoms with van der Waals surface area (Å²) in [6.07, 6.45) is -18.7. The number of aliphatic hydroxyl groups excluding tert-OH is 7. The van der Waals surface area contributed by atoms with Crippen LogP contribution in [0.3, 0.4) is 0 Å². The first kappa shape index (κ1) is 26.1. The van der Waals surface area contributed by atoms with Gasteiger partial charge in [0, 0.05) is 0 Å². The van der Waals surface area contributed by atoms with Crippen LogP contribution in [0.25, 0.3) is 0 Å². The van der Waals surface area contributed by atoms with Crippen molar-refractivity contribution in [2.75, 3.05) is 6.61 Å². The molecule has 0 aromatic rings. The SMILES string of the molecule is CC(=O)C(ON[NH])(C(C)=O)[C@H]1O[C@@H](O[C@H]2[C@H](O)[C@@H](O)[C@@H](O)O[C@@H]2CO)[C@H](O)[C@@H](O)[C@H]1O. The van der Waals surface area contributed by atoms with Crippen molar-refractivity contribution in [1.29, 1.82) is 0 Å². The average Bonchev–Trinajstić information content (AvgIpc) is 2.71. The molecule has 2 fully saturated rings. The third-order valence-electron chi connectivity index (χ3n) is 5.36. The molecule has 2 heterocycles. The van der Waals surface area contributed by atoms with Crippen LogP contribution in [-0.2, 0) is 28.6 Å². The molecule has 0 saturated carbocycles. The molecule has 15 nitrogen and oxygen atoms in total. The Kier molecular flexibility index (Phi) is 8.56. The number of hydrogen-bond donors (Lipinski definition) is 8. The molecular weight excluding hydrogens is 428 g/mol. The Morgan fingerprint density at radius 2 is 1.52 bits per heavy atom. The van der Waals surface area contributed by atoms with E-state index in [1.807, 2.05) is 0 Å². The van der Waals surface area contributed by atoms with Gasteiger partial charge in [0.1, 0.15) is 48.8 Å². The van der Waals surface area contributed by atoms with Gasteiger partial charge in [-0.2, -0.15) is 5.84 Å². The lowest BCUT2D eigenvalue weighted by Crippen LogP contribution is -2.71. The first-order chi connectivity index (χ1) is 14.4. The highest BCUT2D eigenvalue weighted by Gasteiger charge is 2.60. The van der Waals surface area contributed by atoms with E-state index in [0.717, 1.165) is 13.8 Å². The molecule has 31 heavy (non-hydrogen) atoms. The molecule has 1 radical (unpaired) electrons. The minimum Gasteiger partial charge on any atom is -0.394 e. The summed E-state index contributed by atoms with van der Waals surface area (Å²) in [6, 6.07) is 0. The van der Waals surface area contributed by atoms with Gasteiger partial charge in [0.05, 0.1) is 6.61 Å². The highest BCUT2D eigenvalue weighted by atomic mass is 16.7. The quantitative estimate of drug-likeness (QED) is 0.125. The van der Waals surface area contributed by atoms with Gasteiger partial charge in [-0.15, -0.1) is 5.59 Å². The first-order valence-electron chi connectivity index (χ1n) is 9.21. The van der Waals surface area contributed by atoms with E-state index in [2.05, 4.69) is 0 Å². The Bertz CT molecular complexity index is 635. The van der Waals surface area contributed by atoms with Crippen LogP contribution in [0.5, 0.6) is 0 Å². The van der Waals surface area contributed by atoms with E-state index in [4.69, 9.17) is 24.9 Å². The molecule has 10 atom stereocenters. The number of aliphatic hydroxyl groups is 7. The Balaban J connectivity index is 2.38. The number of hydrogen-bond acceptors (Lipinski definition) is 14. The van der Waals surface area contributed by atoms with Crippen LogP contribution < -0.4 is 11.4 Å². The second-order valence-corrected chi connectivity index (χ2v) is 7.28. The number of carbonyl (C=O) groups is 2. The molecule has 2 saturated heterocycles. The predicted octanol–water partition coefficient (Wildman–Crippen LogP) is -5.75. The lowest BCUT2D eigenvalue weighted by atomic mass is 9.81. The first-order valence-corrected chi connectivity index (χ1v) is 9.21. The van der Waals surface area contributed by atoms with Crippen LogP contribution in [0.15, 0.2) is 0 Å². The van der Waals surface area contributed by atoms with Gasteiger partial charge in [0.25, 0.3) is 0 Å². The third kappa shape index (κ3) is 4.64. The Labute approximate surface area is 175 Å². The Morgan fingerprint density at radius 1 is 0.935 bits per heavy atom. The molecule has 179 valence electrons. The van der Waals surface area contributed by atoms with E-state index in [9.17, 15) is 45.3 Å². The number of Topliss-reactive ketones (excluding diaryl/α,β-unsaturated/α-hetero) is 2. The molecule has 0 aromatic carbocycles. The van der Waals surface area contributed by atoms with Crippen molar-refractivity contribution in [1.82, 2.24) is 11.4 Å².